The Bertz CT molecular complexity index is 3300. The Balaban J connectivity index is 1.37. The molecule has 9 aromatic rings. The summed E-state index contributed by atoms with van der Waals surface area (Å²) in [6, 6.07) is 18.2. The van der Waals surface area contributed by atoms with Crippen LogP contribution in [0.4, 0.5) is 0 Å². The maximum absolute atomic E-state index is 9.48. The van der Waals surface area contributed by atoms with Gasteiger partial charge in [-0.25, -0.2) is 15.0 Å². The summed E-state index contributed by atoms with van der Waals surface area (Å²) in [4.78, 5) is 13.9. The second-order valence-corrected chi connectivity index (χ2v) is 10.6. The molecule has 9 rings (SSSR count). The molecule has 0 atom stereocenters. The van der Waals surface area contributed by atoms with Gasteiger partial charge in [-0.05, 0) is 57.2 Å². The van der Waals surface area contributed by atoms with E-state index in [1.165, 1.54) is 0 Å². The molecule has 0 aliphatic carbocycles. The molecule has 2 aromatic heterocycles. The van der Waals surface area contributed by atoms with Crippen molar-refractivity contribution < 1.29 is 22.2 Å². The standard InChI is InChI=1S/C43H27N3O/c1-3-12-28(13-4-1)34-16-7-8-17-35(34)32-24-22-31-27-33(25-23-30(31)26-32)42-44-41(29-14-5-2-6-15-29)45-43(46-42)37-19-11-21-39-40(37)36-18-9-10-20-38(36)47-39/h1-27H/i9D,10D,11D,18D,19D,20D,21D,22D,23D,24D,25D,26D,27D. The van der Waals surface area contributed by atoms with E-state index >= 15 is 0 Å². The molecular formula is C43H27N3O. The van der Waals surface area contributed by atoms with Crippen molar-refractivity contribution in [1.29, 1.82) is 0 Å². The Morgan fingerprint density at radius 3 is 1.77 bits per heavy atom. The van der Waals surface area contributed by atoms with Gasteiger partial charge >= 0.3 is 0 Å². The van der Waals surface area contributed by atoms with Gasteiger partial charge in [0.2, 0.25) is 0 Å². The highest BCUT2D eigenvalue weighted by atomic mass is 16.3. The summed E-state index contributed by atoms with van der Waals surface area (Å²) in [6.45, 7) is 0. The van der Waals surface area contributed by atoms with Gasteiger partial charge in [0.15, 0.2) is 17.5 Å². The smallest absolute Gasteiger partial charge is 0.164 e. The number of nitrogens with zero attached hydrogens (tertiary/aromatic N) is 3. The van der Waals surface area contributed by atoms with Gasteiger partial charge in [0.05, 0.1) is 17.8 Å². The van der Waals surface area contributed by atoms with Crippen molar-refractivity contribution in [1.82, 2.24) is 15.0 Å². The van der Waals surface area contributed by atoms with Crippen LogP contribution in [0.15, 0.2) is 168 Å². The molecule has 0 radical (unpaired) electrons. The third kappa shape index (κ3) is 4.84. The van der Waals surface area contributed by atoms with Gasteiger partial charge in [-0.3, -0.25) is 0 Å². The van der Waals surface area contributed by atoms with E-state index in [4.69, 9.17) is 14.0 Å². The lowest BCUT2D eigenvalue weighted by Crippen LogP contribution is -2.00. The molecule has 0 saturated heterocycles. The third-order valence-corrected chi connectivity index (χ3v) is 7.72. The van der Waals surface area contributed by atoms with Gasteiger partial charge in [0.25, 0.3) is 0 Å². The van der Waals surface area contributed by atoms with Crippen molar-refractivity contribution in [3.63, 3.8) is 0 Å². The lowest BCUT2D eigenvalue weighted by Gasteiger charge is -2.12. The number of furan rings is 1. The maximum atomic E-state index is 9.48. The summed E-state index contributed by atoms with van der Waals surface area (Å²) >= 11 is 0. The van der Waals surface area contributed by atoms with Crippen LogP contribution >= 0.6 is 0 Å². The molecule has 0 N–H and O–H groups in total. The van der Waals surface area contributed by atoms with E-state index in [2.05, 4.69) is 15.0 Å². The van der Waals surface area contributed by atoms with E-state index in [1.54, 1.807) is 42.5 Å². The molecule has 0 aliphatic rings. The topological polar surface area (TPSA) is 51.8 Å². The summed E-state index contributed by atoms with van der Waals surface area (Å²) in [7, 11) is 0. The summed E-state index contributed by atoms with van der Waals surface area (Å²) in [5.74, 6) is -0.723. The Hall–Kier alpha value is -6.39. The number of hydrogen-bond donors (Lipinski definition) is 0. The Kier molecular flexibility index (Phi) is 4.00. The molecule has 4 nitrogen and oxygen atoms in total. The number of fused-ring (bicyclic) bond motifs is 4. The highest BCUT2D eigenvalue weighted by molar-refractivity contribution is 6.11. The number of benzene rings is 7. The van der Waals surface area contributed by atoms with Crippen LogP contribution in [0.3, 0.4) is 0 Å². The van der Waals surface area contributed by atoms with Gasteiger partial charge in [0.1, 0.15) is 11.2 Å². The average molecular weight is 615 g/mol. The fourth-order valence-corrected chi connectivity index (χ4v) is 5.54. The molecule has 0 spiro atoms. The van der Waals surface area contributed by atoms with Crippen molar-refractivity contribution >= 4 is 32.7 Å². The first-order valence-electron chi connectivity index (χ1n) is 21.1. The molecule has 2 heterocycles. The van der Waals surface area contributed by atoms with Gasteiger partial charge < -0.3 is 4.42 Å². The van der Waals surface area contributed by atoms with Crippen molar-refractivity contribution in [2.45, 2.75) is 0 Å². The van der Waals surface area contributed by atoms with E-state index in [-0.39, 0.29) is 79.0 Å². The predicted octanol–water partition coefficient (Wildman–Crippen LogP) is 11.3. The minimum absolute atomic E-state index is 0.0360. The average Bonchev–Trinajstić information content (AvgIpc) is 3.66. The van der Waals surface area contributed by atoms with E-state index in [0.717, 1.165) is 5.56 Å². The Labute approximate surface area is 289 Å². The fraction of sp³-hybridized carbons (Fsp3) is 0. The SMILES string of the molecule is [2H]c1c([2H])c([2H])c2c(oc3c([2H])c([2H])c([2H])c(-c4nc(-c5ccccc5)nc(-c5c([2H])c([2H])c6c([2H])c(-c7ccccc7-c7ccccc7)c([2H])c([2H])c6c5[2H])n4)c32)c1[2H]. The molecular weight excluding hydrogens is 574 g/mol. The van der Waals surface area contributed by atoms with Crippen LogP contribution in [0.5, 0.6) is 0 Å². The Morgan fingerprint density at radius 2 is 1.00 bits per heavy atom. The summed E-state index contributed by atoms with van der Waals surface area (Å²) in [5.41, 5.74) is 1.21. The van der Waals surface area contributed by atoms with Crippen molar-refractivity contribution in [2.24, 2.45) is 0 Å². The van der Waals surface area contributed by atoms with Crippen LogP contribution in [-0.4, -0.2) is 15.0 Å². The van der Waals surface area contributed by atoms with Crippen LogP contribution in [0, 0.1) is 0 Å². The van der Waals surface area contributed by atoms with Crippen LogP contribution < -0.4 is 0 Å². The number of aromatic nitrogens is 3. The summed E-state index contributed by atoms with van der Waals surface area (Å²) in [6.07, 6.45) is 0. The summed E-state index contributed by atoms with van der Waals surface area (Å²) in [5, 5.41) is -0.751. The monoisotopic (exact) mass is 614 g/mol. The molecule has 4 heteroatoms. The molecule has 0 saturated carbocycles. The van der Waals surface area contributed by atoms with Crippen molar-refractivity contribution in [3.8, 4) is 56.4 Å². The number of rotatable bonds is 5. The maximum Gasteiger partial charge on any atom is 0.164 e. The second kappa shape index (κ2) is 11.2. The van der Waals surface area contributed by atoms with E-state index in [9.17, 15) is 8.22 Å². The zero-order valence-electron chi connectivity index (χ0n) is 37.3. The highest BCUT2D eigenvalue weighted by Gasteiger charge is 2.18. The van der Waals surface area contributed by atoms with Gasteiger partial charge in [-0.15, -0.1) is 0 Å². The van der Waals surface area contributed by atoms with E-state index < -0.39 is 66.5 Å². The minimum atomic E-state index is -0.619. The van der Waals surface area contributed by atoms with Crippen molar-refractivity contribution in [3.05, 3.63) is 163 Å². The predicted molar refractivity (Wildman–Crippen MR) is 192 cm³/mol. The highest BCUT2D eigenvalue weighted by Crippen LogP contribution is 2.37. The molecule has 47 heavy (non-hydrogen) atoms. The Morgan fingerprint density at radius 1 is 0.426 bits per heavy atom. The first-order chi connectivity index (χ1) is 28.7. The first kappa shape index (κ1) is 16.8. The minimum Gasteiger partial charge on any atom is -0.456 e. The van der Waals surface area contributed by atoms with Crippen LogP contribution in [-0.2, 0) is 0 Å². The normalized spacial score (nSPS) is 15.3. The third-order valence-electron chi connectivity index (χ3n) is 7.72. The lowest BCUT2D eigenvalue weighted by molar-refractivity contribution is 0.669. The van der Waals surface area contributed by atoms with Crippen LogP contribution in [0.2, 0.25) is 0 Å². The van der Waals surface area contributed by atoms with Crippen LogP contribution in [0.1, 0.15) is 17.8 Å². The van der Waals surface area contributed by atoms with E-state index in [1.807, 2.05) is 42.5 Å². The fourth-order valence-electron chi connectivity index (χ4n) is 5.54. The zero-order valence-corrected chi connectivity index (χ0v) is 24.3. The number of para-hydroxylation sites is 1. The molecule has 0 aliphatic heterocycles. The van der Waals surface area contributed by atoms with Gasteiger partial charge in [0, 0.05) is 27.5 Å². The molecule has 0 unspecified atom stereocenters. The van der Waals surface area contributed by atoms with Crippen molar-refractivity contribution in [2.75, 3.05) is 0 Å². The number of hydrogen-bond acceptors (Lipinski definition) is 4. The zero-order chi connectivity index (χ0) is 42.5. The molecule has 7 aromatic carbocycles. The molecule has 0 bridgehead atoms. The quantitative estimate of drug-likeness (QED) is 0.193. The molecule has 0 fully saturated rings. The van der Waals surface area contributed by atoms with E-state index in [0.29, 0.717) is 16.7 Å². The molecule has 220 valence electrons. The lowest BCUT2D eigenvalue weighted by atomic mass is 9.93. The second-order valence-electron chi connectivity index (χ2n) is 10.6. The largest absolute Gasteiger partial charge is 0.456 e. The first-order valence-corrected chi connectivity index (χ1v) is 14.6. The van der Waals surface area contributed by atoms with Gasteiger partial charge in [-0.1, -0.05) is 139 Å². The molecule has 0 amide bonds. The van der Waals surface area contributed by atoms with Crippen LogP contribution in [0.25, 0.3) is 89.1 Å². The summed E-state index contributed by atoms with van der Waals surface area (Å²) < 4.78 is 122. The van der Waals surface area contributed by atoms with Gasteiger partial charge in [-0.2, -0.15) is 0 Å².